The van der Waals surface area contributed by atoms with Gasteiger partial charge in [-0.25, -0.2) is 4.79 Å². The molecule has 0 aliphatic rings. The molecule has 0 unspecified atom stereocenters. The molecule has 0 radical (unpaired) electrons. The summed E-state index contributed by atoms with van der Waals surface area (Å²) in [4.78, 5) is 35.1. The number of hydrogen-bond donors (Lipinski definition) is 4. The molecule has 144 valence electrons. The van der Waals surface area contributed by atoms with Crippen LogP contribution in [0.2, 0.25) is 0 Å². The van der Waals surface area contributed by atoms with Gasteiger partial charge in [-0.1, -0.05) is 26.8 Å². The second kappa shape index (κ2) is 8.21. The van der Waals surface area contributed by atoms with Gasteiger partial charge >= 0.3 is 12.0 Å². The average molecular weight is 363 g/mol. The van der Waals surface area contributed by atoms with Crippen molar-refractivity contribution >= 4 is 29.3 Å². The van der Waals surface area contributed by atoms with Crippen molar-refractivity contribution in [3.63, 3.8) is 0 Å². The SMILES string of the molecule is Cc1ccc(NC(=O)C(C)(C)C)cc1NC(=O)NC(C)(C)CCC(=O)O. The highest BCUT2D eigenvalue weighted by molar-refractivity contribution is 5.96. The van der Waals surface area contributed by atoms with Gasteiger partial charge in [-0.3, -0.25) is 9.59 Å². The van der Waals surface area contributed by atoms with E-state index in [1.54, 1.807) is 26.0 Å². The van der Waals surface area contributed by atoms with Crippen molar-refractivity contribution < 1.29 is 19.5 Å². The van der Waals surface area contributed by atoms with Crippen LogP contribution in [0.4, 0.5) is 16.2 Å². The largest absolute Gasteiger partial charge is 0.481 e. The number of hydrogen-bond acceptors (Lipinski definition) is 3. The number of anilines is 2. The van der Waals surface area contributed by atoms with Gasteiger partial charge in [0.15, 0.2) is 0 Å². The fraction of sp³-hybridized carbons (Fsp3) is 0.526. The fourth-order valence-electron chi connectivity index (χ4n) is 2.10. The van der Waals surface area contributed by atoms with Gasteiger partial charge < -0.3 is 21.1 Å². The van der Waals surface area contributed by atoms with Crippen LogP contribution in [0.3, 0.4) is 0 Å². The highest BCUT2D eigenvalue weighted by Gasteiger charge is 2.23. The lowest BCUT2D eigenvalue weighted by Crippen LogP contribution is -2.45. The van der Waals surface area contributed by atoms with Gasteiger partial charge in [0.25, 0.3) is 0 Å². The maximum atomic E-state index is 12.3. The molecule has 0 saturated carbocycles. The summed E-state index contributed by atoms with van der Waals surface area (Å²) in [6, 6.07) is 4.85. The zero-order valence-corrected chi connectivity index (χ0v) is 16.3. The molecule has 0 heterocycles. The van der Waals surface area contributed by atoms with Gasteiger partial charge in [0.2, 0.25) is 5.91 Å². The third kappa shape index (κ3) is 7.13. The number of carbonyl (C=O) groups is 3. The van der Waals surface area contributed by atoms with Crippen LogP contribution in [0.1, 0.15) is 53.0 Å². The molecule has 0 atom stereocenters. The van der Waals surface area contributed by atoms with Gasteiger partial charge in [0, 0.05) is 28.7 Å². The summed E-state index contributed by atoms with van der Waals surface area (Å²) >= 11 is 0. The molecule has 4 N–H and O–H groups in total. The van der Waals surface area contributed by atoms with E-state index in [-0.39, 0.29) is 12.3 Å². The predicted octanol–water partition coefficient (Wildman–Crippen LogP) is 3.74. The first-order chi connectivity index (χ1) is 11.8. The van der Waals surface area contributed by atoms with Crippen molar-refractivity contribution in [2.75, 3.05) is 10.6 Å². The van der Waals surface area contributed by atoms with Crippen LogP contribution >= 0.6 is 0 Å². The number of carboxylic acid groups (broad SMARTS) is 1. The molecule has 1 rings (SSSR count). The zero-order chi connectivity index (χ0) is 20.1. The van der Waals surface area contributed by atoms with E-state index < -0.39 is 23.0 Å². The Morgan fingerprint density at radius 2 is 1.65 bits per heavy atom. The molecule has 1 aromatic carbocycles. The molecular weight excluding hydrogens is 334 g/mol. The first-order valence-electron chi connectivity index (χ1n) is 8.53. The topological polar surface area (TPSA) is 108 Å². The van der Waals surface area contributed by atoms with E-state index in [4.69, 9.17) is 5.11 Å². The van der Waals surface area contributed by atoms with Crippen molar-refractivity contribution in [2.24, 2.45) is 5.41 Å². The highest BCUT2D eigenvalue weighted by atomic mass is 16.4. The maximum Gasteiger partial charge on any atom is 0.319 e. The number of urea groups is 1. The molecule has 7 nitrogen and oxygen atoms in total. The standard InChI is InChI=1S/C19H29N3O4/c1-12-7-8-13(20-16(25)18(2,3)4)11-14(12)21-17(26)22-19(5,6)10-9-15(23)24/h7-8,11H,9-10H2,1-6H3,(H,20,25)(H,23,24)(H2,21,22,26). The molecule has 3 amide bonds. The third-order valence-corrected chi connectivity index (χ3v) is 3.84. The lowest BCUT2D eigenvalue weighted by atomic mass is 9.95. The summed E-state index contributed by atoms with van der Waals surface area (Å²) in [5.74, 6) is -1.02. The second-order valence-electron chi connectivity index (χ2n) is 8.09. The Labute approximate surface area is 154 Å². The van der Waals surface area contributed by atoms with Crippen molar-refractivity contribution in [2.45, 2.75) is 59.9 Å². The van der Waals surface area contributed by atoms with Crippen LogP contribution < -0.4 is 16.0 Å². The first-order valence-corrected chi connectivity index (χ1v) is 8.53. The summed E-state index contributed by atoms with van der Waals surface area (Å²) in [5.41, 5.74) is 0.829. The van der Waals surface area contributed by atoms with Gasteiger partial charge in [0.1, 0.15) is 0 Å². The van der Waals surface area contributed by atoms with Crippen molar-refractivity contribution in [1.82, 2.24) is 5.32 Å². The molecule has 0 aromatic heterocycles. The van der Waals surface area contributed by atoms with E-state index in [0.717, 1.165) is 5.56 Å². The van der Waals surface area contributed by atoms with E-state index in [1.165, 1.54) is 0 Å². The van der Waals surface area contributed by atoms with Gasteiger partial charge in [0.05, 0.1) is 0 Å². The maximum absolute atomic E-state index is 12.3. The first kappa shape index (κ1) is 21.5. The van der Waals surface area contributed by atoms with Crippen LogP contribution in [0, 0.1) is 12.3 Å². The van der Waals surface area contributed by atoms with Gasteiger partial charge in [-0.2, -0.15) is 0 Å². The molecule has 0 bridgehead atoms. The molecule has 0 saturated heterocycles. The smallest absolute Gasteiger partial charge is 0.319 e. The number of aliphatic carboxylic acids is 1. The van der Waals surface area contributed by atoms with E-state index in [9.17, 15) is 14.4 Å². The number of carbonyl (C=O) groups excluding carboxylic acids is 2. The molecule has 7 heteroatoms. The van der Waals surface area contributed by atoms with Crippen LogP contribution in [-0.2, 0) is 9.59 Å². The Bertz CT molecular complexity index is 691. The number of aryl methyl sites for hydroxylation is 1. The minimum atomic E-state index is -0.904. The summed E-state index contributed by atoms with van der Waals surface area (Å²) in [6.07, 6.45) is 0.289. The van der Waals surface area contributed by atoms with E-state index in [0.29, 0.717) is 17.8 Å². The lowest BCUT2D eigenvalue weighted by Gasteiger charge is -2.26. The monoisotopic (exact) mass is 363 g/mol. The van der Waals surface area contributed by atoms with Crippen LogP contribution in [-0.4, -0.2) is 28.6 Å². The van der Waals surface area contributed by atoms with Crippen molar-refractivity contribution in [3.05, 3.63) is 23.8 Å². The molecule has 0 aliphatic carbocycles. The molecule has 1 aromatic rings. The van der Waals surface area contributed by atoms with Gasteiger partial charge in [-0.15, -0.1) is 0 Å². The normalized spacial score (nSPS) is 11.6. The zero-order valence-electron chi connectivity index (χ0n) is 16.3. The quantitative estimate of drug-likeness (QED) is 0.617. The number of amides is 3. The molecule has 26 heavy (non-hydrogen) atoms. The predicted molar refractivity (Wildman–Crippen MR) is 102 cm³/mol. The van der Waals surface area contributed by atoms with Crippen molar-refractivity contribution in [3.8, 4) is 0 Å². The fourth-order valence-corrected chi connectivity index (χ4v) is 2.10. The Balaban J connectivity index is 2.80. The minimum Gasteiger partial charge on any atom is -0.481 e. The number of carboxylic acids is 1. The second-order valence-corrected chi connectivity index (χ2v) is 8.09. The van der Waals surface area contributed by atoms with E-state index >= 15 is 0 Å². The van der Waals surface area contributed by atoms with Gasteiger partial charge in [-0.05, 0) is 44.9 Å². The van der Waals surface area contributed by atoms with Crippen molar-refractivity contribution in [1.29, 1.82) is 0 Å². The Kier molecular flexibility index (Phi) is 6.78. The Morgan fingerprint density at radius 1 is 1.04 bits per heavy atom. The summed E-state index contributed by atoms with van der Waals surface area (Å²) in [6.45, 7) is 10.8. The van der Waals surface area contributed by atoms with E-state index in [1.807, 2.05) is 33.8 Å². The lowest BCUT2D eigenvalue weighted by molar-refractivity contribution is -0.137. The molecular formula is C19H29N3O4. The highest BCUT2D eigenvalue weighted by Crippen LogP contribution is 2.23. The summed E-state index contributed by atoms with van der Waals surface area (Å²) in [7, 11) is 0. The Hall–Kier alpha value is -2.57. The number of nitrogens with one attached hydrogen (secondary N) is 3. The van der Waals surface area contributed by atoms with Crippen LogP contribution in [0.25, 0.3) is 0 Å². The minimum absolute atomic E-state index is 0.0272. The molecule has 0 aliphatic heterocycles. The number of benzene rings is 1. The summed E-state index contributed by atoms with van der Waals surface area (Å²) < 4.78 is 0. The van der Waals surface area contributed by atoms with Crippen LogP contribution in [0.5, 0.6) is 0 Å². The third-order valence-electron chi connectivity index (χ3n) is 3.84. The summed E-state index contributed by atoms with van der Waals surface area (Å²) in [5, 5.41) is 17.1. The molecule has 0 fully saturated rings. The number of rotatable bonds is 6. The average Bonchev–Trinajstić information content (AvgIpc) is 2.47. The molecule has 0 spiro atoms. The van der Waals surface area contributed by atoms with Crippen LogP contribution in [0.15, 0.2) is 18.2 Å². The van der Waals surface area contributed by atoms with E-state index in [2.05, 4.69) is 16.0 Å². The Morgan fingerprint density at radius 3 is 2.19 bits per heavy atom.